The summed E-state index contributed by atoms with van der Waals surface area (Å²) in [7, 11) is 0. The maximum atomic E-state index is 10.7. The van der Waals surface area contributed by atoms with E-state index >= 15 is 0 Å². The van der Waals surface area contributed by atoms with Crippen molar-refractivity contribution in [2.75, 3.05) is 36.6 Å². The molecule has 8 heteroatoms. The van der Waals surface area contributed by atoms with Crippen LogP contribution in [0.15, 0.2) is 41.5 Å². The van der Waals surface area contributed by atoms with Gasteiger partial charge in [-0.3, -0.25) is 15.5 Å². The Morgan fingerprint density at radius 1 is 1.30 bits per heavy atom. The van der Waals surface area contributed by atoms with E-state index in [-0.39, 0.29) is 5.69 Å². The number of nitrogens with one attached hydrogen (secondary N) is 1. The molecule has 0 atom stereocenters. The van der Waals surface area contributed by atoms with Gasteiger partial charge in [0, 0.05) is 30.1 Å². The van der Waals surface area contributed by atoms with Crippen LogP contribution in [0.1, 0.15) is 4.88 Å². The first-order valence-electron chi connectivity index (χ1n) is 7.18. The number of anilines is 2. The highest BCUT2D eigenvalue weighted by atomic mass is 32.1. The second-order valence-electron chi connectivity index (χ2n) is 4.95. The Balaban J connectivity index is 1.61. The molecule has 0 saturated carbocycles. The fourth-order valence-electron chi connectivity index (χ4n) is 2.22. The molecule has 1 aromatic heterocycles. The van der Waals surface area contributed by atoms with Gasteiger partial charge < -0.3 is 9.64 Å². The zero-order valence-corrected chi connectivity index (χ0v) is 13.2. The van der Waals surface area contributed by atoms with Crippen LogP contribution in [0.2, 0.25) is 0 Å². The van der Waals surface area contributed by atoms with Gasteiger partial charge in [-0.1, -0.05) is 6.07 Å². The molecule has 0 bridgehead atoms. The molecule has 0 aliphatic carbocycles. The number of nitro benzene ring substituents is 1. The van der Waals surface area contributed by atoms with Crippen LogP contribution in [-0.4, -0.2) is 37.4 Å². The fourth-order valence-corrected chi connectivity index (χ4v) is 3.16. The van der Waals surface area contributed by atoms with Crippen molar-refractivity contribution in [2.24, 2.45) is 5.10 Å². The Kier molecular flexibility index (Phi) is 4.84. The minimum Gasteiger partial charge on any atom is -0.378 e. The molecule has 1 aliphatic rings. The molecule has 3 rings (SSSR count). The number of ether oxygens (including phenoxy) is 1. The standard InChI is InChI=1S/C15H16N4O3S/c20-19(21)13-3-1-2-12(10-13)17-16-11-14-4-5-15(23-14)18-6-8-22-9-7-18/h1-5,10-11,17H,6-9H2/b16-11-. The summed E-state index contributed by atoms with van der Waals surface area (Å²) in [6, 6.07) is 10.3. The maximum absolute atomic E-state index is 10.7. The highest BCUT2D eigenvalue weighted by Crippen LogP contribution is 2.25. The maximum Gasteiger partial charge on any atom is 0.271 e. The number of rotatable bonds is 5. The number of nitro groups is 1. The number of morpholine rings is 1. The molecule has 1 N–H and O–H groups in total. The van der Waals surface area contributed by atoms with Crippen molar-refractivity contribution in [3.05, 3.63) is 51.4 Å². The van der Waals surface area contributed by atoms with Gasteiger partial charge in [-0.15, -0.1) is 11.3 Å². The first kappa shape index (κ1) is 15.4. The molecule has 2 aromatic rings. The van der Waals surface area contributed by atoms with Crippen molar-refractivity contribution < 1.29 is 9.66 Å². The lowest BCUT2D eigenvalue weighted by atomic mass is 10.3. The van der Waals surface area contributed by atoms with E-state index in [0.717, 1.165) is 31.2 Å². The molecule has 1 fully saturated rings. The van der Waals surface area contributed by atoms with E-state index in [1.165, 1.54) is 17.1 Å². The third kappa shape index (κ3) is 4.05. The molecule has 1 aromatic carbocycles. The normalized spacial score (nSPS) is 15.0. The minimum absolute atomic E-state index is 0.0379. The van der Waals surface area contributed by atoms with Gasteiger partial charge >= 0.3 is 0 Å². The quantitative estimate of drug-likeness (QED) is 0.517. The van der Waals surface area contributed by atoms with Crippen molar-refractivity contribution in [3.63, 3.8) is 0 Å². The van der Waals surface area contributed by atoms with Gasteiger partial charge in [0.15, 0.2) is 0 Å². The number of benzene rings is 1. The zero-order valence-electron chi connectivity index (χ0n) is 12.3. The van der Waals surface area contributed by atoms with E-state index in [4.69, 9.17) is 4.74 Å². The molecule has 2 heterocycles. The lowest BCUT2D eigenvalue weighted by Gasteiger charge is -2.27. The summed E-state index contributed by atoms with van der Waals surface area (Å²) in [5.74, 6) is 0. The number of hydrogen-bond donors (Lipinski definition) is 1. The minimum atomic E-state index is -0.428. The summed E-state index contributed by atoms with van der Waals surface area (Å²) in [4.78, 5) is 13.6. The lowest BCUT2D eigenvalue weighted by Crippen LogP contribution is -2.35. The van der Waals surface area contributed by atoms with Gasteiger partial charge in [0.2, 0.25) is 0 Å². The van der Waals surface area contributed by atoms with Crippen molar-refractivity contribution >= 4 is 33.9 Å². The smallest absolute Gasteiger partial charge is 0.271 e. The molecule has 0 radical (unpaired) electrons. The number of nitrogens with zero attached hydrogens (tertiary/aromatic N) is 3. The van der Waals surface area contributed by atoms with Crippen molar-refractivity contribution in [2.45, 2.75) is 0 Å². The first-order chi connectivity index (χ1) is 11.2. The van der Waals surface area contributed by atoms with E-state index in [1.807, 2.05) is 6.07 Å². The lowest BCUT2D eigenvalue weighted by molar-refractivity contribution is -0.384. The summed E-state index contributed by atoms with van der Waals surface area (Å²) >= 11 is 1.66. The van der Waals surface area contributed by atoms with Crippen LogP contribution in [0.3, 0.4) is 0 Å². The second kappa shape index (κ2) is 7.21. The van der Waals surface area contributed by atoms with Gasteiger partial charge in [-0.2, -0.15) is 5.10 Å². The van der Waals surface area contributed by atoms with Crippen LogP contribution in [0.25, 0.3) is 0 Å². The Hall–Kier alpha value is -2.45. The largest absolute Gasteiger partial charge is 0.378 e. The van der Waals surface area contributed by atoms with Gasteiger partial charge in [0.25, 0.3) is 5.69 Å². The summed E-state index contributed by atoms with van der Waals surface area (Å²) in [5.41, 5.74) is 3.44. The van der Waals surface area contributed by atoms with Crippen LogP contribution < -0.4 is 10.3 Å². The number of hydrogen-bond acceptors (Lipinski definition) is 7. The molecule has 0 spiro atoms. The monoisotopic (exact) mass is 332 g/mol. The van der Waals surface area contributed by atoms with Crippen LogP contribution >= 0.6 is 11.3 Å². The number of thiophene rings is 1. The van der Waals surface area contributed by atoms with Crippen molar-refractivity contribution in [1.82, 2.24) is 0 Å². The SMILES string of the molecule is O=[N+]([O-])c1cccc(N/N=C\c2ccc(N3CCOCC3)s2)c1. The summed E-state index contributed by atoms with van der Waals surface area (Å²) < 4.78 is 5.35. The van der Waals surface area contributed by atoms with Gasteiger partial charge in [0.1, 0.15) is 0 Å². The van der Waals surface area contributed by atoms with Gasteiger partial charge in [-0.05, 0) is 18.2 Å². The van der Waals surface area contributed by atoms with E-state index < -0.39 is 4.92 Å². The van der Waals surface area contributed by atoms with Crippen LogP contribution in [0.5, 0.6) is 0 Å². The average Bonchev–Trinajstić information content (AvgIpc) is 3.05. The molecular formula is C15H16N4O3S. The summed E-state index contributed by atoms with van der Waals surface area (Å²) in [6.45, 7) is 3.33. The highest BCUT2D eigenvalue weighted by Gasteiger charge is 2.12. The van der Waals surface area contributed by atoms with Crippen LogP contribution in [0.4, 0.5) is 16.4 Å². The highest BCUT2D eigenvalue weighted by molar-refractivity contribution is 7.17. The van der Waals surface area contributed by atoms with E-state index in [0.29, 0.717) is 5.69 Å². The Labute approximate surface area is 137 Å². The van der Waals surface area contributed by atoms with E-state index in [2.05, 4.69) is 21.5 Å². The third-order valence-electron chi connectivity index (χ3n) is 3.38. The van der Waals surface area contributed by atoms with E-state index in [9.17, 15) is 10.1 Å². The molecular weight excluding hydrogens is 316 g/mol. The average molecular weight is 332 g/mol. The Bertz CT molecular complexity index is 710. The molecule has 1 saturated heterocycles. The van der Waals surface area contributed by atoms with E-state index in [1.54, 1.807) is 29.7 Å². The van der Waals surface area contributed by atoms with Crippen LogP contribution in [-0.2, 0) is 4.74 Å². The van der Waals surface area contributed by atoms with Crippen LogP contribution in [0, 0.1) is 10.1 Å². The zero-order chi connectivity index (χ0) is 16.1. The van der Waals surface area contributed by atoms with Gasteiger partial charge in [0.05, 0.1) is 35.0 Å². The summed E-state index contributed by atoms with van der Waals surface area (Å²) in [6.07, 6.45) is 1.72. The fraction of sp³-hybridized carbons (Fsp3) is 0.267. The number of non-ortho nitro benzene ring substituents is 1. The van der Waals surface area contributed by atoms with Crippen molar-refractivity contribution in [3.8, 4) is 0 Å². The Morgan fingerprint density at radius 3 is 2.91 bits per heavy atom. The van der Waals surface area contributed by atoms with Crippen molar-refractivity contribution in [1.29, 1.82) is 0 Å². The molecule has 120 valence electrons. The van der Waals surface area contributed by atoms with Gasteiger partial charge in [-0.25, -0.2) is 0 Å². The topological polar surface area (TPSA) is 80.0 Å². The molecule has 23 heavy (non-hydrogen) atoms. The Morgan fingerprint density at radius 2 is 2.13 bits per heavy atom. The predicted molar refractivity (Wildman–Crippen MR) is 91.7 cm³/mol. The third-order valence-corrected chi connectivity index (χ3v) is 4.46. The second-order valence-corrected chi connectivity index (χ2v) is 6.05. The first-order valence-corrected chi connectivity index (χ1v) is 8.00. The molecule has 1 aliphatic heterocycles. The molecule has 0 unspecified atom stereocenters. The summed E-state index contributed by atoms with van der Waals surface area (Å²) in [5, 5.41) is 16.1. The molecule has 7 nitrogen and oxygen atoms in total. The predicted octanol–water partition coefficient (Wildman–Crippen LogP) is 2.94. The molecule has 0 amide bonds. The number of hydrazone groups is 1.